The number of nitro benzene ring substituents is 1. The molecule has 1 saturated carbocycles. The molecule has 1 aromatic rings. The van der Waals surface area contributed by atoms with Gasteiger partial charge < -0.3 is 14.8 Å². The molecule has 0 heterocycles. The quantitative estimate of drug-likeness (QED) is 0.583. The standard InChI is InChI=1S/C19H28N2O5/c1-12(2)15-7-5-13(3)9-18(15)26-11-19(22)20-16-8-6-14(25-4)10-17(16)21(23)24/h6,8,10,12-13,15,18H,5,7,9,11H2,1-4H3,(H,20,22)/t13-,15+,18+/m0/s1. The number of nitrogens with one attached hydrogen (secondary N) is 1. The number of hydrogen-bond donors (Lipinski definition) is 1. The van der Waals surface area contributed by atoms with E-state index in [0.717, 1.165) is 12.8 Å². The van der Waals surface area contributed by atoms with E-state index in [9.17, 15) is 14.9 Å². The lowest BCUT2D eigenvalue weighted by atomic mass is 9.75. The van der Waals surface area contributed by atoms with E-state index in [1.54, 1.807) is 6.07 Å². The second-order valence-corrected chi connectivity index (χ2v) is 7.36. The predicted octanol–water partition coefficient (Wildman–Crippen LogP) is 4.02. The first-order valence-electron chi connectivity index (χ1n) is 9.05. The summed E-state index contributed by atoms with van der Waals surface area (Å²) in [6.45, 7) is 6.45. The second-order valence-electron chi connectivity index (χ2n) is 7.36. The van der Waals surface area contributed by atoms with E-state index in [2.05, 4.69) is 26.1 Å². The van der Waals surface area contributed by atoms with Crippen LogP contribution in [-0.2, 0) is 9.53 Å². The van der Waals surface area contributed by atoms with Gasteiger partial charge in [-0.15, -0.1) is 0 Å². The van der Waals surface area contributed by atoms with Crippen LogP contribution in [0, 0.1) is 27.9 Å². The maximum atomic E-state index is 12.3. The van der Waals surface area contributed by atoms with Gasteiger partial charge in [-0.25, -0.2) is 0 Å². The monoisotopic (exact) mass is 364 g/mol. The molecule has 0 spiro atoms. The van der Waals surface area contributed by atoms with Crippen molar-refractivity contribution in [2.75, 3.05) is 19.0 Å². The van der Waals surface area contributed by atoms with Crippen molar-refractivity contribution in [3.05, 3.63) is 28.3 Å². The Kier molecular flexibility index (Phi) is 6.97. The molecule has 0 bridgehead atoms. The lowest BCUT2D eigenvalue weighted by Gasteiger charge is -2.37. The molecule has 7 heteroatoms. The number of anilines is 1. The Hall–Kier alpha value is -2.15. The first-order chi connectivity index (χ1) is 12.3. The number of hydrogen-bond acceptors (Lipinski definition) is 5. The summed E-state index contributed by atoms with van der Waals surface area (Å²) in [5.74, 6) is 1.49. The van der Waals surface area contributed by atoms with Gasteiger partial charge in [-0.2, -0.15) is 0 Å². The molecule has 3 atom stereocenters. The van der Waals surface area contributed by atoms with Gasteiger partial charge in [0.2, 0.25) is 0 Å². The SMILES string of the molecule is COc1ccc(NC(=O)CO[C@@H]2C[C@@H](C)CC[C@@H]2C(C)C)c([N+](=O)[O-])c1. The van der Waals surface area contributed by atoms with Crippen molar-refractivity contribution < 1.29 is 19.2 Å². The number of nitro groups is 1. The number of rotatable bonds is 7. The van der Waals surface area contributed by atoms with Crippen LogP contribution in [-0.4, -0.2) is 30.7 Å². The molecule has 0 saturated heterocycles. The van der Waals surface area contributed by atoms with Crippen molar-refractivity contribution in [1.29, 1.82) is 0 Å². The van der Waals surface area contributed by atoms with Crippen LogP contribution in [0.15, 0.2) is 18.2 Å². The largest absolute Gasteiger partial charge is 0.496 e. The molecule has 1 aliphatic carbocycles. The number of ether oxygens (including phenoxy) is 2. The average molecular weight is 364 g/mol. The van der Waals surface area contributed by atoms with Crippen LogP contribution < -0.4 is 10.1 Å². The van der Waals surface area contributed by atoms with Crippen molar-refractivity contribution in [3.63, 3.8) is 0 Å². The molecular formula is C19H28N2O5. The summed E-state index contributed by atoms with van der Waals surface area (Å²) in [7, 11) is 1.43. The van der Waals surface area contributed by atoms with Crippen LogP contribution >= 0.6 is 0 Å². The van der Waals surface area contributed by atoms with Crippen molar-refractivity contribution in [2.24, 2.45) is 17.8 Å². The van der Waals surface area contributed by atoms with E-state index in [0.29, 0.717) is 23.5 Å². The lowest BCUT2D eigenvalue weighted by molar-refractivity contribution is -0.384. The zero-order chi connectivity index (χ0) is 19.3. The highest BCUT2D eigenvalue weighted by Gasteiger charge is 2.31. The zero-order valence-electron chi connectivity index (χ0n) is 15.9. The molecule has 144 valence electrons. The van der Waals surface area contributed by atoms with E-state index in [1.165, 1.54) is 25.7 Å². The van der Waals surface area contributed by atoms with Gasteiger partial charge in [0.1, 0.15) is 18.0 Å². The van der Waals surface area contributed by atoms with Crippen LogP contribution in [0.4, 0.5) is 11.4 Å². The van der Waals surface area contributed by atoms with Crippen molar-refractivity contribution >= 4 is 17.3 Å². The smallest absolute Gasteiger partial charge is 0.296 e. The Morgan fingerprint density at radius 3 is 2.73 bits per heavy atom. The number of benzene rings is 1. The molecular weight excluding hydrogens is 336 g/mol. The fourth-order valence-electron chi connectivity index (χ4n) is 3.57. The van der Waals surface area contributed by atoms with Gasteiger partial charge in [-0.1, -0.05) is 27.2 Å². The van der Waals surface area contributed by atoms with Crippen molar-refractivity contribution in [3.8, 4) is 5.75 Å². The molecule has 1 N–H and O–H groups in total. The molecule has 0 aliphatic heterocycles. The summed E-state index contributed by atoms with van der Waals surface area (Å²) < 4.78 is 10.9. The summed E-state index contributed by atoms with van der Waals surface area (Å²) >= 11 is 0. The minimum Gasteiger partial charge on any atom is -0.496 e. The van der Waals surface area contributed by atoms with Crippen molar-refractivity contribution in [1.82, 2.24) is 0 Å². The molecule has 7 nitrogen and oxygen atoms in total. The van der Waals surface area contributed by atoms with Gasteiger partial charge in [0, 0.05) is 0 Å². The first-order valence-corrected chi connectivity index (χ1v) is 9.05. The highest BCUT2D eigenvalue weighted by atomic mass is 16.6. The van der Waals surface area contributed by atoms with E-state index < -0.39 is 4.92 Å². The van der Waals surface area contributed by atoms with Gasteiger partial charge in [0.05, 0.1) is 24.2 Å². The van der Waals surface area contributed by atoms with Crippen LogP contribution in [0.5, 0.6) is 5.75 Å². The third kappa shape index (κ3) is 5.17. The number of carbonyl (C=O) groups excluding carboxylic acids is 1. The lowest BCUT2D eigenvalue weighted by Crippen LogP contribution is -2.36. The summed E-state index contributed by atoms with van der Waals surface area (Å²) in [5, 5.41) is 13.8. The molecule has 1 aromatic carbocycles. The highest BCUT2D eigenvalue weighted by Crippen LogP contribution is 2.35. The Balaban J connectivity index is 1.99. The van der Waals surface area contributed by atoms with Crippen LogP contribution in [0.2, 0.25) is 0 Å². The van der Waals surface area contributed by atoms with Gasteiger partial charge in [-0.05, 0) is 42.7 Å². The van der Waals surface area contributed by atoms with Crippen molar-refractivity contribution in [2.45, 2.75) is 46.1 Å². The predicted molar refractivity (Wildman–Crippen MR) is 99.4 cm³/mol. The minimum atomic E-state index is -0.545. The Morgan fingerprint density at radius 1 is 1.38 bits per heavy atom. The van der Waals surface area contributed by atoms with Crippen LogP contribution in [0.1, 0.15) is 40.0 Å². The Morgan fingerprint density at radius 2 is 2.12 bits per heavy atom. The number of nitrogens with zero attached hydrogens (tertiary/aromatic N) is 1. The fourth-order valence-corrected chi connectivity index (χ4v) is 3.57. The summed E-state index contributed by atoms with van der Waals surface area (Å²) in [4.78, 5) is 22.9. The van der Waals surface area contributed by atoms with Gasteiger partial charge in [-0.3, -0.25) is 14.9 Å². The second kappa shape index (κ2) is 8.98. The fraction of sp³-hybridized carbons (Fsp3) is 0.632. The molecule has 0 aromatic heterocycles. The maximum absolute atomic E-state index is 12.3. The van der Waals surface area contributed by atoms with E-state index in [4.69, 9.17) is 9.47 Å². The molecule has 0 radical (unpaired) electrons. The van der Waals surface area contributed by atoms with Gasteiger partial charge in [0.25, 0.3) is 11.6 Å². The third-order valence-electron chi connectivity index (χ3n) is 5.07. The van der Waals surface area contributed by atoms with Crippen LogP contribution in [0.3, 0.4) is 0 Å². The maximum Gasteiger partial charge on any atom is 0.296 e. The first kappa shape index (κ1) is 20.2. The molecule has 26 heavy (non-hydrogen) atoms. The molecule has 1 aliphatic rings. The van der Waals surface area contributed by atoms with Gasteiger partial charge in [0.15, 0.2) is 0 Å². The molecule has 1 fully saturated rings. The number of amides is 1. The minimum absolute atomic E-state index is 0.0513. The normalized spacial score (nSPS) is 22.9. The molecule has 0 unspecified atom stereocenters. The number of methoxy groups -OCH3 is 1. The van der Waals surface area contributed by atoms with E-state index >= 15 is 0 Å². The number of carbonyl (C=O) groups is 1. The summed E-state index contributed by atoms with van der Waals surface area (Å²) in [6.07, 6.45) is 3.29. The van der Waals surface area contributed by atoms with E-state index in [1.807, 2.05) is 0 Å². The summed E-state index contributed by atoms with van der Waals surface area (Å²) in [6, 6.07) is 4.32. The zero-order valence-corrected chi connectivity index (χ0v) is 15.9. The average Bonchev–Trinajstić information content (AvgIpc) is 2.59. The highest BCUT2D eigenvalue weighted by molar-refractivity contribution is 5.94. The molecule has 2 rings (SSSR count). The Bertz CT molecular complexity index is 647. The Labute approximate surface area is 154 Å². The van der Waals surface area contributed by atoms with E-state index in [-0.39, 0.29) is 30.0 Å². The third-order valence-corrected chi connectivity index (χ3v) is 5.07. The molecule has 1 amide bonds. The van der Waals surface area contributed by atoms with Crippen LogP contribution in [0.25, 0.3) is 0 Å². The van der Waals surface area contributed by atoms with Gasteiger partial charge >= 0.3 is 0 Å². The summed E-state index contributed by atoms with van der Waals surface area (Å²) in [5.41, 5.74) is -0.0640. The topological polar surface area (TPSA) is 90.7 Å².